The molecule has 0 aliphatic heterocycles. The first-order chi connectivity index (χ1) is 9.58. The van der Waals surface area contributed by atoms with Gasteiger partial charge >= 0.3 is 12.4 Å². The van der Waals surface area contributed by atoms with Gasteiger partial charge in [-0.3, -0.25) is 4.79 Å². The van der Waals surface area contributed by atoms with Crippen molar-refractivity contribution in [1.82, 2.24) is 10.6 Å². The molecule has 0 fully saturated rings. The lowest BCUT2D eigenvalue weighted by Gasteiger charge is -2.10. The van der Waals surface area contributed by atoms with E-state index in [1.807, 2.05) is 5.32 Å². The second kappa shape index (κ2) is 6.79. The topological polar surface area (TPSA) is 41.1 Å². The van der Waals surface area contributed by atoms with Crippen LogP contribution in [-0.4, -0.2) is 25.2 Å². The maximum Gasteiger partial charge on any atom is 0.416 e. The van der Waals surface area contributed by atoms with E-state index in [1.54, 1.807) is 0 Å². The Balaban J connectivity index is 2.36. The van der Waals surface area contributed by atoms with Gasteiger partial charge < -0.3 is 10.6 Å². The van der Waals surface area contributed by atoms with Gasteiger partial charge in [0.2, 0.25) is 5.91 Å². The maximum atomic E-state index is 12.3. The van der Waals surface area contributed by atoms with Crippen molar-refractivity contribution in [3.63, 3.8) is 0 Å². The first kappa shape index (κ1) is 17.3. The number of rotatable bonds is 5. The Morgan fingerprint density at radius 2 is 1.57 bits per heavy atom. The minimum absolute atomic E-state index is 0.0648. The van der Waals surface area contributed by atoms with Crippen LogP contribution in [0.25, 0.3) is 0 Å². The van der Waals surface area contributed by atoms with Crippen LogP contribution < -0.4 is 10.6 Å². The Kier molecular flexibility index (Phi) is 5.59. The minimum atomic E-state index is -4.44. The van der Waals surface area contributed by atoms with Crippen LogP contribution in [0, 0.1) is 0 Å². The summed E-state index contributed by atoms with van der Waals surface area (Å²) in [5, 5.41) is 4.20. The molecule has 0 bridgehead atoms. The van der Waals surface area contributed by atoms with Crippen molar-refractivity contribution in [2.75, 3.05) is 13.1 Å². The van der Waals surface area contributed by atoms with Gasteiger partial charge in [-0.1, -0.05) is 12.1 Å². The fourth-order valence-electron chi connectivity index (χ4n) is 1.39. The first-order valence-electron chi connectivity index (χ1n) is 5.78. The van der Waals surface area contributed by atoms with Crippen LogP contribution in [0.5, 0.6) is 0 Å². The number of amides is 1. The van der Waals surface area contributed by atoms with Gasteiger partial charge in [-0.15, -0.1) is 0 Å². The molecular formula is C12H12F6N2O. The molecule has 1 amide bonds. The van der Waals surface area contributed by atoms with Crippen molar-refractivity contribution in [3.05, 3.63) is 35.4 Å². The van der Waals surface area contributed by atoms with Gasteiger partial charge in [-0.2, -0.15) is 26.3 Å². The van der Waals surface area contributed by atoms with Gasteiger partial charge in [-0.05, 0) is 17.7 Å². The lowest BCUT2D eigenvalue weighted by Crippen LogP contribution is -2.38. The van der Waals surface area contributed by atoms with Crippen molar-refractivity contribution >= 4 is 5.91 Å². The van der Waals surface area contributed by atoms with E-state index in [-0.39, 0.29) is 6.54 Å². The number of hydrogen-bond donors (Lipinski definition) is 2. The summed E-state index contributed by atoms with van der Waals surface area (Å²) in [6.07, 6.45) is -8.85. The van der Waals surface area contributed by atoms with Gasteiger partial charge in [0.15, 0.2) is 0 Å². The van der Waals surface area contributed by atoms with E-state index >= 15 is 0 Å². The van der Waals surface area contributed by atoms with Crippen LogP contribution in [-0.2, 0) is 17.5 Å². The Morgan fingerprint density at radius 1 is 1.00 bits per heavy atom. The number of nitrogens with one attached hydrogen (secondary N) is 2. The zero-order chi connectivity index (χ0) is 16.1. The Morgan fingerprint density at radius 3 is 2.05 bits per heavy atom. The van der Waals surface area contributed by atoms with Crippen LogP contribution in [0.3, 0.4) is 0 Å². The van der Waals surface area contributed by atoms with Gasteiger partial charge in [0.1, 0.15) is 0 Å². The molecule has 0 aliphatic rings. The van der Waals surface area contributed by atoms with Crippen LogP contribution in [0.15, 0.2) is 24.3 Å². The summed E-state index contributed by atoms with van der Waals surface area (Å²) >= 11 is 0. The summed E-state index contributed by atoms with van der Waals surface area (Å²) in [7, 11) is 0. The Labute approximate surface area is 116 Å². The largest absolute Gasteiger partial charge is 0.416 e. The van der Waals surface area contributed by atoms with E-state index in [1.165, 1.54) is 12.1 Å². The van der Waals surface area contributed by atoms with Gasteiger partial charge in [-0.25, -0.2) is 0 Å². The molecule has 0 radical (unpaired) electrons. The van der Waals surface area contributed by atoms with Crippen LogP contribution in [0.1, 0.15) is 11.1 Å². The monoisotopic (exact) mass is 314 g/mol. The molecule has 0 saturated carbocycles. The zero-order valence-corrected chi connectivity index (χ0v) is 10.6. The predicted molar refractivity (Wildman–Crippen MR) is 62.2 cm³/mol. The molecule has 0 unspecified atom stereocenters. The van der Waals surface area contributed by atoms with Crippen molar-refractivity contribution in [3.8, 4) is 0 Å². The maximum absolute atomic E-state index is 12.3. The fraction of sp³-hybridized carbons (Fsp3) is 0.417. The van der Waals surface area contributed by atoms with Crippen LogP contribution >= 0.6 is 0 Å². The molecule has 1 rings (SSSR count). The fourth-order valence-corrected chi connectivity index (χ4v) is 1.39. The average Bonchev–Trinajstić information content (AvgIpc) is 2.34. The quantitative estimate of drug-likeness (QED) is 0.820. The third kappa shape index (κ3) is 6.98. The molecule has 21 heavy (non-hydrogen) atoms. The second-order valence-electron chi connectivity index (χ2n) is 4.19. The molecule has 2 N–H and O–H groups in total. The van der Waals surface area contributed by atoms with Gasteiger partial charge in [0.25, 0.3) is 0 Å². The number of hydrogen-bond acceptors (Lipinski definition) is 2. The summed E-state index contributed by atoms with van der Waals surface area (Å²) in [6.45, 7) is -1.88. The normalized spacial score (nSPS) is 12.3. The zero-order valence-electron chi connectivity index (χ0n) is 10.6. The van der Waals surface area contributed by atoms with Gasteiger partial charge in [0.05, 0.1) is 18.7 Å². The standard InChI is InChI=1S/C12H12F6N2O/c13-11(14,15)7-19-6-10(21)20-5-8-1-3-9(4-2-8)12(16,17)18/h1-4,19H,5-7H2,(H,20,21). The van der Waals surface area contributed by atoms with E-state index < -0.39 is 36.9 Å². The van der Waals surface area contributed by atoms with E-state index in [2.05, 4.69) is 5.32 Å². The van der Waals surface area contributed by atoms with Crippen molar-refractivity contribution in [2.45, 2.75) is 18.9 Å². The number of carbonyl (C=O) groups is 1. The van der Waals surface area contributed by atoms with Gasteiger partial charge in [0, 0.05) is 6.54 Å². The molecule has 1 aromatic rings. The predicted octanol–water partition coefficient (Wildman–Crippen LogP) is 2.47. The summed E-state index contributed by atoms with van der Waals surface area (Å²) in [6, 6.07) is 4.10. The Hall–Kier alpha value is -1.77. The molecule has 0 spiro atoms. The third-order valence-corrected chi connectivity index (χ3v) is 2.38. The lowest BCUT2D eigenvalue weighted by atomic mass is 10.1. The molecule has 1 aromatic carbocycles. The van der Waals surface area contributed by atoms with Crippen molar-refractivity contribution < 1.29 is 31.1 Å². The van der Waals surface area contributed by atoms with Crippen LogP contribution in [0.4, 0.5) is 26.3 Å². The summed E-state index contributed by atoms with van der Waals surface area (Å²) in [5.74, 6) is -0.681. The molecular weight excluding hydrogens is 302 g/mol. The smallest absolute Gasteiger partial charge is 0.351 e. The van der Waals surface area contributed by atoms with Crippen molar-refractivity contribution in [1.29, 1.82) is 0 Å². The molecule has 9 heteroatoms. The lowest BCUT2D eigenvalue weighted by molar-refractivity contribution is -0.137. The highest BCUT2D eigenvalue weighted by Gasteiger charge is 2.30. The highest BCUT2D eigenvalue weighted by Crippen LogP contribution is 2.28. The number of halogens is 6. The van der Waals surface area contributed by atoms with Crippen molar-refractivity contribution in [2.24, 2.45) is 0 Å². The first-order valence-corrected chi connectivity index (χ1v) is 5.78. The van der Waals surface area contributed by atoms with Crippen LogP contribution in [0.2, 0.25) is 0 Å². The molecule has 0 aromatic heterocycles. The molecule has 0 atom stereocenters. The Bertz CT molecular complexity index is 466. The second-order valence-corrected chi connectivity index (χ2v) is 4.19. The number of alkyl halides is 6. The molecule has 0 heterocycles. The third-order valence-electron chi connectivity index (χ3n) is 2.38. The SMILES string of the molecule is O=C(CNCC(F)(F)F)NCc1ccc(C(F)(F)F)cc1. The summed E-state index contributed by atoms with van der Waals surface area (Å²) < 4.78 is 72.3. The number of benzene rings is 1. The summed E-state index contributed by atoms with van der Waals surface area (Å²) in [4.78, 5) is 11.2. The summed E-state index contributed by atoms with van der Waals surface area (Å²) in [5.41, 5.74) is -0.406. The highest BCUT2D eigenvalue weighted by molar-refractivity contribution is 5.77. The molecule has 0 aliphatic carbocycles. The van der Waals surface area contributed by atoms with E-state index in [4.69, 9.17) is 0 Å². The van der Waals surface area contributed by atoms with E-state index in [0.717, 1.165) is 12.1 Å². The van der Waals surface area contributed by atoms with E-state index in [9.17, 15) is 31.1 Å². The number of carbonyl (C=O) groups excluding carboxylic acids is 1. The van der Waals surface area contributed by atoms with E-state index in [0.29, 0.717) is 5.56 Å². The highest BCUT2D eigenvalue weighted by atomic mass is 19.4. The molecule has 0 saturated heterocycles. The molecule has 3 nitrogen and oxygen atoms in total. The minimum Gasteiger partial charge on any atom is -0.351 e. The average molecular weight is 314 g/mol. The molecule has 118 valence electrons.